The molecule has 0 radical (unpaired) electrons. The molecule has 0 spiro atoms. The van der Waals surface area contributed by atoms with E-state index < -0.39 is 10.0 Å². The van der Waals surface area contributed by atoms with Crippen molar-refractivity contribution in [1.82, 2.24) is 9.21 Å². The molecule has 1 amide bonds. The predicted octanol–water partition coefficient (Wildman–Crippen LogP) is 1.71. The molecule has 6 nitrogen and oxygen atoms in total. The number of halogens is 1. The minimum Gasteiger partial charge on any atom is -0.494 e. The van der Waals surface area contributed by atoms with E-state index in [1.807, 2.05) is 24.3 Å². The molecule has 0 aliphatic carbocycles. The Hall–Kier alpha value is -1.12. The number of benzene rings is 1. The Morgan fingerprint density at radius 2 is 1.78 bits per heavy atom. The highest BCUT2D eigenvalue weighted by atomic mass is 79.9. The number of piperazine rings is 1. The first-order valence-corrected chi connectivity index (χ1v) is 10.1. The Morgan fingerprint density at radius 1 is 1.17 bits per heavy atom. The SMILES string of the molecule is CS(=O)(=O)N1CCN(C(=O)CCCOc2ccc(Br)cc2)CC1. The van der Waals surface area contributed by atoms with Gasteiger partial charge in [-0.1, -0.05) is 15.9 Å². The molecular weight excluding hydrogens is 384 g/mol. The van der Waals surface area contributed by atoms with Gasteiger partial charge in [-0.05, 0) is 30.7 Å². The van der Waals surface area contributed by atoms with E-state index in [2.05, 4.69) is 15.9 Å². The van der Waals surface area contributed by atoms with E-state index in [0.29, 0.717) is 45.6 Å². The molecule has 0 saturated carbocycles. The van der Waals surface area contributed by atoms with E-state index >= 15 is 0 Å². The maximum atomic E-state index is 12.1. The fourth-order valence-electron chi connectivity index (χ4n) is 2.37. The molecule has 8 heteroatoms. The van der Waals surface area contributed by atoms with Gasteiger partial charge in [0.2, 0.25) is 15.9 Å². The summed E-state index contributed by atoms with van der Waals surface area (Å²) in [5.74, 6) is 0.833. The molecule has 1 aromatic carbocycles. The first-order valence-electron chi connectivity index (χ1n) is 7.47. The lowest BCUT2D eigenvalue weighted by molar-refractivity contribution is -0.132. The largest absolute Gasteiger partial charge is 0.494 e. The summed E-state index contributed by atoms with van der Waals surface area (Å²) in [6.07, 6.45) is 2.25. The molecule has 1 aliphatic rings. The van der Waals surface area contributed by atoms with Gasteiger partial charge in [0.25, 0.3) is 0 Å². The van der Waals surface area contributed by atoms with Gasteiger partial charge in [0.05, 0.1) is 12.9 Å². The third-order valence-corrected chi connectivity index (χ3v) is 5.51. The molecule has 2 rings (SSSR count). The number of hydrogen-bond acceptors (Lipinski definition) is 4. The van der Waals surface area contributed by atoms with Crippen LogP contribution >= 0.6 is 15.9 Å². The summed E-state index contributed by atoms with van der Waals surface area (Å²) in [5, 5.41) is 0. The van der Waals surface area contributed by atoms with Crippen LogP contribution in [0.25, 0.3) is 0 Å². The maximum absolute atomic E-state index is 12.1. The zero-order chi connectivity index (χ0) is 16.9. The molecule has 1 aliphatic heterocycles. The van der Waals surface area contributed by atoms with Crippen LogP contribution in [0, 0.1) is 0 Å². The summed E-state index contributed by atoms with van der Waals surface area (Å²) >= 11 is 3.36. The Morgan fingerprint density at radius 3 is 2.35 bits per heavy atom. The Kier molecular flexibility index (Phi) is 6.43. The van der Waals surface area contributed by atoms with Crippen LogP contribution in [-0.2, 0) is 14.8 Å². The van der Waals surface area contributed by atoms with E-state index in [1.54, 1.807) is 4.90 Å². The van der Waals surface area contributed by atoms with Gasteiger partial charge in [0.15, 0.2) is 0 Å². The fraction of sp³-hybridized carbons (Fsp3) is 0.533. The highest BCUT2D eigenvalue weighted by Gasteiger charge is 2.25. The zero-order valence-electron chi connectivity index (χ0n) is 13.1. The predicted molar refractivity (Wildman–Crippen MR) is 91.9 cm³/mol. The van der Waals surface area contributed by atoms with E-state index in [9.17, 15) is 13.2 Å². The van der Waals surface area contributed by atoms with Gasteiger partial charge in [-0.25, -0.2) is 8.42 Å². The highest BCUT2D eigenvalue weighted by molar-refractivity contribution is 9.10. The van der Waals surface area contributed by atoms with Crippen LogP contribution in [0.4, 0.5) is 0 Å². The van der Waals surface area contributed by atoms with Crippen LogP contribution in [0.15, 0.2) is 28.7 Å². The molecule has 0 atom stereocenters. The number of sulfonamides is 1. The van der Waals surface area contributed by atoms with Crippen molar-refractivity contribution in [2.24, 2.45) is 0 Å². The van der Waals surface area contributed by atoms with E-state index in [1.165, 1.54) is 10.6 Å². The van der Waals surface area contributed by atoms with Crippen LogP contribution in [0.5, 0.6) is 5.75 Å². The van der Waals surface area contributed by atoms with Crippen molar-refractivity contribution in [2.75, 3.05) is 39.0 Å². The van der Waals surface area contributed by atoms with Gasteiger partial charge in [0.1, 0.15) is 5.75 Å². The van der Waals surface area contributed by atoms with Crippen LogP contribution in [0.3, 0.4) is 0 Å². The molecule has 1 saturated heterocycles. The molecule has 0 bridgehead atoms. The van der Waals surface area contributed by atoms with Gasteiger partial charge >= 0.3 is 0 Å². The minimum absolute atomic E-state index is 0.0533. The molecule has 0 N–H and O–H groups in total. The number of ether oxygens (including phenoxy) is 1. The van der Waals surface area contributed by atoms with Gasteiger partial charge in [-0.15, -0.1) is 0 Å². The zero-order valence-corrected chi connectivity index (χ0v) is 15.5. The molecule has 1 aromatic rings. The average Bonchev–Trinajstić information content (AvgIpc) is 2.52. The second-order valence-electron chi connectivity index (χ2n) is 5.45. The summed E-state index contributed by atoms with van der Waals surface area (Å²) in [6, 6.07) is 7.55. The average molecular weight is 405 g/mol. The molecule has 0 aromatic heterocycles. The van der Waals surface area contributed by atoms with Crippen LogP contribution in [0.1, 0.15) is 12.8 Å². The van der Waals surface area contributed by atoms with Crippen molar-refractivity contribution in [1.29, 1.82) is 0 Å². The molecule has 128 valence electrons. The van der Waals surface area contributed by atoms with Crippen molar-refractivity contribution in [3.63, 3.8) is 0 Å². The molecule has 0 unspecified atom stereocenters. The van der Waals surface area contributed by atoms with E-state index in [0.717, 1.165) is 10.2 Å². The van der Waals surface area contributed by atoms with E-state index in [4.69, 9.17) is 4.74 Å². The van der Waals surface area contributed by atoms with Crippen molar-refractivity contribution < 1.29 is 17.9 Å². The Balaban J connectivity index is 1.67. The van der Waals surface area contributed by atoms with Crippen LogP contribution in [0.2, 0.25) is 0 Å². The first-order chi connectivity index (χ1) is 10.9. The Bertz CT molecular complexity index is 625. The van der Waals surface area contributed by atoms with Crippen LogP contribution in [-0.4, -0.2) is 62.6 Å². The quantitative estimate of drug-likeness (QED) is 0.676. The van der Waals surface area contributed by atoms with Crippen molar-refractivity contribution >= 4 is 31.9 Å². The summed E-state index contributed by atoms with van der Waals surface area (Å²) < 4.78 is 30.9. The lowest BCUT2D eigenvalue weighted by Crippen LogP contribution is -2.50. The van der Waals surface area contributed by atoms with Crippen molar-refractivity contribution in [3.8, 4) is 5.75 Å². The summed E-state index contributed by atoms with van der Waals surface area (Å²) in [5.41, 5.74) is 0. The molecular formula is C15H21BrN2O4S. The number of amides is 1. The summed E-state index contributed by atoms with van der Waals surface area (Å²) in [7, 11) is -3.16. The standard InChI is InChI=1S/C15H21BrN2O4S/c1-23(20,21)18-10-8-17(9-11-18)15(19)3-2-12-22-14-6-4-13(16)5-7-14/h4-7H,2-3,8-12H2,1H3. The number of carbonyl (C=O) groups is 1. The topological polar surface area (TPSA) is 66.9 Å². The van der Waals surface area contributed by atoms with Crippen LogP contribution < -0.4 is 4.74 Å². The second kappa shape index (κ2) is 8.12. The lowest BCUT2D eigenvalue weighted by atomic mass is 10.2. The Labute approximate surface area is 145 Å². The third kappa shape index (κ3) is 5.78. The van der Waals surface area contributed by atoms with Crippen molar-refractivity contribution in [3.05, 3.63) is 28.7 Å². The van der Waals surface area contributed by atoms with Gasteiger partial charge in [0, 0.05) is 37.1 Å². The summed E-state index contributed by atoms with van der Waals surface area (Å²) in [6.45, 7) is 2.15. The highest BCUT2D eigenvalue weighted by Crippen LogP contribution is 2.16. The molecule has 1 heterocycles. The second-order valence-corrected chi connectivity index (χ2v) is 8.35. The fourth-order valence-corrected chi connectivity index (χ4v) is 3.46. The number of hydrogen-bond donors (Lipinski definition) is 0. The van der Waals surface area contributed by atoms with Gasteiger partial charge < -0.3 is 9.64 Å². The maximum Gasteiger partial charge on any atom is 0.222 e. The third-order valence-electron chi connectivity index (χ3n) is 3.68. The number of rotatable bonds is 6. The molecule has 23 heavy (non-hydrogen) atoms. The lowest BCUT2D eigenvalue weighted by Gasteiger charge is -2.33. The normalized spacial score (nSPS) is 16.3. The van der Waals surface area contributed by atoms with Crippen molar-refractivity contribution in [2.45, 2.75) is 12.8 Å². The minimum atomic E-state index is -3.16. The summed E-state index contributed by atoms with van der Waals surface area (Å²) in [4.78, 5) is 13.8. The smallest absolute Gasteiger partial charge is 0.222 e. The molecule has 1 fully saturated rings. The first kappa shape index (κ1) is 18.2. The monoisotopic (exact) mass is 404 g/mol. The number of carbonyl (C=O) groups excluding carboxylic acids is 1. The van der Waals surface area contributed by atoms with E-state index in [-0.39, 0.29) is 5.91 Å². The van der Waals surface area contributed by atoms with Gasteiger partial charge in [-0.3, -0.25) is 4.79 Å². The number of nitrogens with zero attached hydrogens (tertiary/aromatic N) is 2. The van der Waals surface area contributed by atoms with Gasteiger partial charge in [-0.2, -0.15) is 4.31 Å².